The third-order valence-corrected chi connectivity index (χ3v) is 10.8. The zero-order valence-electron chi connectivity index (χ0n) is 32.4. The van der Waals surface area contributed by atoms with Crippen LogP contribution in [0.5, 0.6) is 0 Å². The molecule has 0 atom stereocenters. The van der Waals surface area contributed by atoms with E-state index in [-0.39, 0.29) is 5.92 Å². The molecule has 54 heavy (non-hydrogen) atoms. The van der Waals surface area contributed by atoms with E-state index in [0.29, 0.717) is 5.91 Å². The topological polar surface area (TPSA) is 97.7 Å². The number of benzene rings is 4. The van der Waals surface area contributed by atoms with Crippen LogP contribution in [0.1, 0.15) is 89.2 Å². The van der Waals surface area contributed by atoms with Crippen molar-refractivity contribution in [3.63, 3.8) is 0 Å². The first-order valence-electron chi connectivity index (χ1n) is 20.2. The van der Waals surface area contributed by atoms with Gasteiger partial charge in [-0.05, 0) is 141 Å². The fourth-order valence-electron chi connectivity index (χ4n) is 7.41. The molecule has 0 spiro atoms. The Hall–Kier alpha value is -5.05. The summed E-state index contributed by atoms with van der Waals surface area (Å²) in [7, 11) is 0. The highest BCUT2D eigenvalue weighted by Crippen LogP contribution is 2.34. The number of amides is 1. The summed E-state index contributed by atoms with van der Waals surface area (Å²) in [6.07, 6.45) is 13.4. The second-order valence-corrected chi connectivity index (χ2v) is 14.9. The van der Waals surface area contributed by atoms with Gasteiger partial charge in [0.15, 0.2) is 0 Å². The second-order valence-electron chi connectivity index (χ2n) is 14.9. The molecule has 9 nitrogen and oxygen atoms in total. The van der Waals surface area contributed by atoms with Crippen molar-refractivity contribution in [2.45, 2.75) is 91.4 Å². The van der Waals surface area contributed by atoms with Crippen LogP contribution in [0.15, 0.2) is 122 Å². The lowest BCUT2D eigenvalue weighted by Gasteiger charge is -2.39. The monoisotopic (exact) mass is 724 g/mol. The van der Waals surface area contributed by atoms with Crippen molar-refractivity contribution in [1.29, 1.82) is 0 Å². The first-order chi connectivity index (χ1) is 26.5. The van der Waals surface area contributed by atoms with Crippen LogP contribution >= 0.6 is 0 Å². The maximum Gasteiger partial charge on any atom is 0.225 e. The molecule has 9 heteroatoms. The molecule has 1 amide bonds. The number of rotatable bonds is 15. The van der Waals surface area contributed by atoms with Gasteiger partial charge in [-0.3, -0.25) is 4.79 Å². The predicted octanol–water partition coefficient (Wildman–Crippen LogP) is 13.6. The van der Waals surface area contributed by atoms with Crippen molar-refractivity contribution < 1.29 is 4.79 Å². The largest absolute Gasteiger partial charge is 0.368 e. The molecule has 1 heterocycles. The van der Waals surface area contributed by atoms with Crippen molar-refractivity contribution in [2.24, 2.45) is 42.5 Å². The van der Waals surface area contributed by atoms with Crippen molar-refractivity contribution in [2.75, 3.05) is 31.1 Å². The number of nitrogens with zero attached hydrogens (tertiary/aromatic N) is 8. The fourth-order valence-corrected chi connectivity index (χ4v) is 7.41. The Kier molecular flexibility index (Phi) is 14.2. The van der Waals surface area contributed by atoms with Crippen LogP contribution in [0.3, 0.4) is 0 Å². The maximum atomic E-state index is 13.3. The average molecular weight is 725 g/mol. The van der Waals surface area contributed by atoms with Gasteiger partial charge in [0.05, 0.1) is 34.1 Å². The number of azo groups is 3. The van der Waals surface area contributed by atoms with Crippen molar-refractivity contribution in [3.8, 4) is 0 Å². The van der Waals surface area contributed by atoms with Gasteiger partial charge in [-0.25, -0.2) is 0 Å². The number of carbonyl (C=O) groups excluding carboxylic acids is 1. The summed E-state index contributed by atoms with van der Waals surface area (Å²) in [6.45, 7) is 9.76. The van der Waals surface area contributed by atoms with E-state index >= 15 is 0 Å². The molecule has 4 aromatic carbocycles. The van der Waals surface area contributed by atoms with Gasteiger partial charge < -0.3 is 9.80 Å². The fraction of sp³-hybridized carbons (Fsp3) is 0.444. The molecule has 1 saturated heterocycles. The number of carbonyl (C=O) groups is 1. The molecule has 1 aliphatic carbocycles. The number of unbranched alkanes of at least 4 members (excludes halogenated alkanes) is 3. The predicted molar refractivity (Wildman–Crippen MR) is 220 cm³/mol. The zero-order chi connectivity index (χ0) is 37.5. The van der Waals surface area contributed by atoms with Crippen LogP contribution < -0.4 is 4.90 Å². The quantitative estimate of drug-likeness (QED) is 0.0900. The molecule has 2 fully saturated rings. The van der Waals surface area contributed by atoms with Gasteiger partial charge in [-0.15, -0.1) is 0 Å². The third-order valence-electron chi connectivity index (χ3n) is 10.8. The first-order valence-corrected chi connectivity index (χ1v) is 20.2. The molecule has 0 unspecified atom stereocenters. The van der Waals surface area contributed by atoms with Crippen LogP contribution in [0.2, 0.25) is 0 Å². The SMILES string of the molecule is CCCCCC1CCC(C(=O)N2CCN(c3ccc(N=Nc4ccc(N=Nc5ccc(N=Nc6ccc(CCCC)cc6)cc5)c(C)c4)cc3)CC2)CC1. The lowest BCUT2D eigenvalue weighted by atomic mass is 9.79. The van der Waals surface area contributed by atoms with E-state index in [9.17, 15) is 4.79 Å². The number of hydrogen-bond acceptors (Lipinski definition) is 8. The third kappa shape index (κ3) is 11.2. The minimum atomic E-state index is 0.227. The highest BCUT2D eigenvalue weighted by molar-refractivity contribution is 5.79. The van der Waals surface area contributed by atoms with Gasteiger partial charge in [0.1, 0.15) is 0 Å². The number of piperazine rings is 1. The summed E-state index contributed by atoms with van der Waals surface area (Å²) >= 11 is 0. The molecule has 0 aromatic heterocycles. The number of hydrogen-bond donors (Lipinski definition) is 0. The summed E-state index contributed by atoms with van der Waals surface area (Å²) in [6, 6.07) is 29.8. The molecule has 1 saturated carbocycles. The van der Waals surface area contributed by atoms with Gasteiger partial charge in [-0.1, -0.05) is 58.1 Å². The van der Waals surface area contributed by atoms with E-state index < -0.39 is 0 Å². The lowest BCUT2D eigenvalue weighted by molar-refractivity contribution is -0.137. The van der Waals surface area contributed by atoms with E-state index in [1.807, 2.05) is 73.7 Å². The lowest BCUT2D eigenvalue weighted by Crippen LogP contribution is -2.50. The van der Waals surface area contributed by atoms with Gasteiger partial charge in [-0.2, -0.15) is 30.7 Å². The van der Waals surface area contributed by atoms with Crippen LogP contribution in [-0.2, 0) is 11.2 Å². The van der Waals surface area contributed by atoms with Crippen molar-refractivity contribution in [3.05, 3.63) is 102 Å². The van der Waals surface area contributed by atoms with Gasteiger partial charge in [0.25, 0.3) is 0 Å². The Morgan fingerprint density at radius 2 is 1.11 bits per heavy atom. The van der Waals surface area contributed by atoms with Crippen LogP contribution in [0.4, 0.5) is 39.8 Å². The Balaban J connectivity index is 0.942. The summed E-state index contributed by atoms with van der Waals surface area (Å²) < 4.78 is 0. The summed E-state index contributed by atoms with van der Waals surface area (Å²) in [4.78, 5) is 17.8. The maximum absolute atomic E-state index is 13.3. The normalized spacial score (nSPS) is 18.0. The first kappa shape index (κ1) is 38.7. The molecule has 0 N–H and O–H groups in total. The van der Waals surface area contributed by atoms with E-state index in [1.165, 1.54) is 56.9 Å². The van der Waals surface area contributed by atoms with Gasteiger partial charge >= 0.3 is 0 Å². The molecule has 1 aliphatic heterocycles. The standard InChI is InChI=1S/C45H56N8O/c1-4-6-8-10-36-11-15-37(16-12-36)45(54)53-31-29-52(30-32-53)43-26-23-41(24-27-43)48-50-42-25-28-44(34(3)33-42)51-49-40-21-19-39(20-22-40)47-46-38-17-13-35(14-18-38)9-7-5-2/h13-14,17-28,33,36-37H,4-12,15-16,29-32H2,1-3H3. The highest BCUT2D eigenvalue weighted by atomic mass is 16.2. The van der Waals surface area contributed by atoms with Crippen molar-refractivity contribution >= 4 is 45.7 Å². The second kappa shape index (κ2) is 19.9. The average Bonchev–Trinajstić information content (AvgIpc) is 3.22. The van der Waals surface area contributed by atoms with E-state index in [4.69, 9.17) is 0 Å². The molecule has 4 aromatic rings. The molecule has 0 bridgehead atoms. The Bertz CT molecular complexity index is 1850. The molecule has 6 rings (SSSR count). The Morgan fingerprint density at radius 3 is 1.69 bits per heavy atom. The van der Waals surface area contributed by atoms with Crippen LogP contribution in [0.25, 0.3) is 0 Å². The summed E-state index contributed by atoms with van der Waals surface area (Å²) in [5, 5.41) is 26.6. The van der Waals surface area contributed by atoms with Gasteiger partial charge in [0.2, 0.25) is 5.91 Å². The molecule has 282 valence electrons. The van der Waals surface area contributed by atoms with Crippen molar-refractivity contribution in [1.82, 2.24) is 4.90 Å². The number of anilines is 1. The van der Waals surface area contributed by atoms with E-state index in [2.05, 4.69) is 78.6 Å². The van der Waals surface area contributed by atoms with E-state index in [1.54, 1.807) is 0 Å². The molecule has 2 aliphatic rings. The number of aryl methyl sites for hydroxylation is 2. The minimum absolute atomic E-state index is 0.227. The van der Waals surface area contributed by atoms with Gasteiger partial charge in [0, 0.05) is 37.8 Å². The Morgan fingerprint density at radius 1 is 0.593 bits per heavy atom. The van der Waals surface area contributed by atoms with Crippen LogP contribution in [-0.4, -0.2) is 37.0 Å². The zero-order valence-corrected chi connectivity index (χ0v) is 32.4. The summed E-state index contributed by atoms with van der Waals surface area (Å²) in [5.41, 5.74) is 8.11. The highest BCUT2D eigenvalue weighted by Gasteiger charge is 2.31. The van der Waals surface area contributed by atoms with E-state index in [0.717, 1.165) is 96.7 Å². The molecular weight excluding hydrogens is 669 g/mol. The summed E-state index contributed by atoms with van der Waals surface area (Å²) in [5.74, 6) is 1.44. The molecular formula is C45H56N8O. The van der Waals surface area contributed by atoms with Crippen LogP contribution in [0, 0.1) is 18.8 Å². The minimum Gasteiger partial charge on any atom is -0.368 e. The Labute approximate surface area is 321 Å². The molecule has 0 radical (unpaired) electrons. The smallest absolute Gasteiger partial charge is 0.225 e.